The highest BCUT2D eigenvalue weighted by Crippen LogP contribution is 2.21. The molecule has 3 aromatic rings. The summed E-state index contributed by atoms with van der Waals surface area (Å²) in [6.45, 7) is 0. The zero-order chi connectivity index (χ0) is 14.7. The van der Waals surface area contributed by atoms with Gasteiger partial charge in [0.05, 0.1) is 16.9 Å². The Morgan fingerprint density at radius 3 is 2.71 bits per heavy atom. The van der Waals surface area contributed by atoms with Crippen LogP contribution in [-0.2, 0) is 6.42 Å². The van der Waals surface area contributed by atoms with Crippen molar-refractivity contribution in [2.45, 2.75) is 12.5 Å². The smallest absolute Gasteiger partial charge is 0.112 e. The maximum atomic E-state index is 10.3. The fraction of sp³-hybridized carbons (Fsp3) is 0.133. The minimum Gasteiger partial charge on any atom is -0.386 e. The van der Waals surface area contributed by atoms with E-state index in [1.807, 2.05) is 30.3 Å². The molecule has 1 N–H and O–H groups in total. The summed E-state index contributed by atoms with van der Waals surface area (Å²) in [6.07, 6.45) is 4.38. The molecule has 1 aromatic carbocycles. The number of hydrogen-bond donors (Lipinski definition) is 1. The summed E-state index contributed by atoms with van der Waals surface area (Å²) < 4.78 is 0. The van der Waals surface area contributed by atoms with E-state index in [9.17, 15) is 5.11 Å². The lowest BCUT2D eigenvalue weighted by molar-refractivity contribution is 0.173. The van der Waals surface area contributed by atoms with Crippen LogP contribution in [0.5, 0.6) is 0 Å². The van der Waals surface area contributed by atoms with Crippen molar-refractivity contribution in [2.24, 2.45) is 0 Å². The predicted molar refractivity (Wildman–Crippen MR) is 79.3 cm³/mol. The first-order valence-corrected chi connectivity index (χ1v) is 6.86. The van der Waals surface area contributed by atoms with E-state index in [1.165, 1.54) is 4.80 Å². The molecule has 0 saturated heterocycles. The number of halogens is 1. The highest BCUT2D eigenvalue weighted by atomic mass is 35.5. The molecule has 0 amide bonds. The van der Waals surface area contributed by atoms with Gasteiger partial charge in [-0.15, -0.1) is 0 Å². The molecular formula is C15H13ClN4O. The lowest BCUT2D eigenvalue weighted by Gasteiger charge is -2.08. The van der Waals surface area contributed by atoms with Gasteiger partial charge in [-0.3, -0.25) is 4.98 Å². The Kier molecular flexibility index (Phi) is 3.94. The van der Waals surface area contributed by atoms with Crippen LogP contribution in [0.1, 0.15) is 17.4 Å². The third-order valence-electron chi connectivity index (χ3n) is 3.11. The number of nitrogens with zero attached hydrogens (tertiary/aromatic N) is 4. The molecular weight excluding hydrogens is 288 g/mol. The molecule has 0 fully saturated rings. The van der Waals surface area contributed by atoms with Gasteiger partial charge in [0.25, 0.3) is 0 Å². The fourth-order valence-electron chi connectivity index (χ4n) is 2.00. The molecule has 2 aromatic heterocycles. The Hall–Kier alpha value is -2.24. The minimum absolute atomic E-state index is 0.370. The van der Waals surface area contributed by atoms with Gasteiger partial charge in [0.2, 0.25) is 0 Å². The molecule has 1 atom stereocenters. The Bertz CT molecular complexity index is 729. The Morgan fingerprint density at radius 1 is 1.14 bits per heavy atom. The summed E-state index contributed by atoms with van der Waals surface area (Å²) >= 11 is 6.04. The second kappa shape index (κ2) is 6.03. The fourth-order valence-corrected chi connectivity index (χ4v) is 2.19. The van der Waals surface area contributed by atoms with Crippen LogP contribution in [0.15, 0.2) is 55.0 Å². The van der Waals surface area contributed by atoms with E-state index < -0.39 is 6.10 Å². The van der Waals surface area contributed by atoms with Gasteiger partial charge in [0, 0.05) is 18.8 Å². The number of aliphatic hydroxyl groups is 1. The molecule has 21 heavy (non-hydrogen) atoms. The van der Waals surface area contributed by atoms with Crippen LogP contribution < -0.4 is 0 Å². The van der Waals surface area contributed by atoms with Crippen molar-refractivity contribution in [1.82, 2.24) is 20.0 Å². The van der Waals surface area contributed by atoms with E-state index in [2.05, 4.69) is 15.2 Å². The van der Waals surface area contributed by atoms with Gasteiger partial charge < -0.3 is 5.11 Å². The second-order valence-electron chi connectivity index (χ2n) is 4.58. The number of aromatic nitrogens is 4. The molecule has 0 aliphatic carbocycles. The summed E-state index contributed by atoms with van der Waals surface area (Å²) in [4.78, 5) is 5.42. The quantitative estimate of drug-likeness (QED) is 0.804. The van der Waals surface area contributed by atoms with Crippen LogP contribution in [0.4, 0.5) is 0 Å². The number of aliphatic hydroxyl groups excluding tert-OH is 1. The van der Waals surface area contributed by atoms with E-state index in [4.69, 9.17) is 11.6 Å². The lowest BCUT2D eigenvalue weighted by Crippen LogP contribution is -2.05. The lowest BCUT2D eigenvalue weighted by atomic mass is 10.1. The molecule has 3 rings (SSSR count). The van der Waals surface area contributed by atoms with Gasteiger partial charge in [-0.05, 0) is 23.8 Å². The molecule has 0 aliphatic heterocycles. The number of pyridine rings is 1. The Balaban J connectivity index is 1.79. The summed E-state index contributed by atoms with van der Waals surface area (Å²) in [6, 6.07) is 11.3. The van der Waals surface area contributed by atoms with Crippen LogP contribution in [0.3, 0.4) is 0 Å². The molecule has 6 heteroatoms. The molecule has 0 saturated carbocycles. The number of rotatable bonds is 4. The zero-order valence-electron chi connectivity index (χ0n) is 11.1. The van der Waals surface area contributed by atoms with Gasteiger partial charge in [0.1, 0.15) is 11.8 Å². The molecule has 2 heterocycles. The maximum absolute atomic E-state index is 10.3. The third kappa shape index (κ3) is 3.09. The van der Waals surface area contributed by atoms with Crippen molar-refractivity contribution in [3.8, 4) is 5.69 Å². The maximum Gasteiger partial charge on any atom is 0.112 e. The summed E-state index contributed by atoms with van der Waals surface area (Å²) in [5.41, 5.74) is 2.18. The average molecular weight is 301 g/mol. The van der Waals surface area contributed by atoms with Crippen LogP contribution in [-0.4, -0.2) is 25.1 Å². The normalized spacial score (nSPS) is 12.3. The van der Waals surface area contributed by atoms with E-state index in [-0.39, 0.29) is 0 Å². The molecule has 0 aliphatic rings. The van der Waals surface area contributed by atoms with Crippen LogP contribution in [0.25, 0.3) is 5.69 Å². The first-order chi connectivity index (χ1) is 10.2. The number of hydrogen-bond acceptors (Lipinski definition) is 4. The average Bonchev–Trinajstić information content (AvgIpc) is 3.00. The van der Waals surface area contributed by atoms with E-state index >= 15 is 0 Å². The SMILES string of the molecule is OC(Cc1ccncc1Cl)c1cnn(-c2ccccc2)n1. The van der Waals surface area contributed by atoms with Crippen LogP contribution in [0.2, 0.25) is 5.02 Å². The van der Waals surface area contributed by atoms with Crippen molar-refractivity contribution in [2.75, 3.05) is 0 Å². The van der Waals surface area contributed by atoms with Gasteiger partial charge in [0.15, 0.2) is 0 Å². The van der Waals surface area contributed by atoms with Gasteiger partial charge in [-0.1, -0.05) is 29.8 Å². The highest BCUT2D eigenvalue weighted by Gasteiger charge is 2.15. The topological polar surface area (TPSA) is 63.8 Å². The highest BCUT2D eigenvalue weighted by molar-refractivity contribution is 6.31. The summed E-state index contributed by atoms with van der Waals surface area (Å²) in [5.74, 6) is 0. The van der Waals surface area contributed by atoms with Crippen molar-refractivity contribution in [3.05, 3.63) is 71.3 Å². The Morgan fingerprint density at radius 2 is 1.95 bits per heavy atom. The molecule has 0 bridgehead atoms. The van der Waals surface area contributed by atoms with Crippen LogP contribution in [0, 0.1) is 0 Å². The third-order valence-corrected chi connectivity index (χ3v) is 3.45. The van der Waals surface area contributed by atoms with E-state index in [0.29, 0.717) is 17.1 Å². The molecule has 0 radical (unpaired) electrons. The minimum atomic E-state index is -0.762. The first kappa shape index (κ1) is 13.7. The zero-order valence-corrected chi connectivity index (χ0v) is 11.9. The molecule has 5 nitrogen and oxygen atoms in total. The molecule has 106 valence electrons. The van der Waals surface area contributed by atoms with Gasteiger partial charge in [-0.25, -0.2) is 0 Å². The Labute approximate surface area is 126 Å². The summed E-state index contributed by atoms with van der Waals surface area (Å²) in [7, 11) is 0. The largest absolute Gasteiger partial charge is 0.386 e. The van der Waals surface area contributed by atoms with Crippen molar-refractivity contribution < 1.29 is 5.11 Å². The second-order valence-corrected chi connectivity index (χ2v) is 4.99. The molecule has 1 unspecified atom stereocenters. The van der Waals surface area contributed by atoms with E-state index in [0.717, 1.165) is 11.3 Å². The van der Waals surface area contributed by atoms with E-state index in [1.54, 1.807) is 24.7 Å². The first-order valence-electron chi connectivity index (χ1n) is 6.48. The van der Waals surface area contributed by atoms with Crippen molar-refractivity contribution in [1.29, 1.82) is 0 Å². The summed E-state index contributed by atoms with van der Waals surface area (Å²) in [5, 5.41) is 19.3. The monoisotopic (exact) mass is 300 g/mol. The number of para-hydroxylation sites is 1. The van der Waals surface area contributed by atoms with Crippen molar-refractivity contribution in [3.63, 3.8) is 0 Å². The van der Waals surface area contributed by atoms with Gasteiger partial charge >= 0.3 is 0 Å². The molecule has 0 spiro atoms. The van der Waals surface area contributed by atoms with Crippen LogP contribution >= 0.6 is 11.6 Å². The standard InChI is InChI=1S/C15H13ClN4O/c16-13-9-17-7-6-11(13)8-15(21)14-10-18-20(19-14)12-4-2-1-3-5-12/h1-7,9-10,15,21H,8H2. The van der Waals surface area contributed by atoms with Crippen molar-refractivity contribution >= 4 is 11.6 Å². The number of benzene rings is 1. The van der Waals surface area contributed by atoms with Gasteiger partial charge in [-0.2, -0.15) is 15.0 Å². The predicted octanol–water partition coefficient (Wildman–Crippen LogP) is 2.59.